The molecule has 0 saturated carbocycles. The van der Waals surface area contributed by atoms with E-state index in [9.17, 15) is 0 Å². The molecule has 0 radical (unpaired) electrons. The van der Waals surface area contributed by atoms with Crippen LogP contribution in [0, 0.1) is 13.8 Å². The lowest BCUT2D eigenvalue weighted by Gasteiger charge is -2.18. The van der Waals surface area contributed by atoms with E-state index < -0.39 is 0 Å². The van der Waals surface area contributed by atoms with Crippen molar-refractivity contribution >= 4 is 0 Å². The van der Waals surface area contributed by atoms with Crippen LogP contribution in [0.2, 0.25) is 0 Å². The largest absolute Gasteiger partial charge is 0.319 e. The minimum Gasteiger partial charge on any atom is -0.319 e. The lowest BCUT2D eigenvalue weighted by atomic mass is 9.92. The van der Waals surface area contributed by atoms with Crippen molar-refractivity contribution in [3.63, 3.8) is 0 Å². The zero-order chi connectivity index (χ0) is 13.1. The molecule has 0 amide bonds. The SMILES string of the molecule is CNCC(c1cc(C)ccc1C)c1nnnn1C. The van der Waals surface area contributed by atoms with Crippen LogP contribution in [0.15, 0.2) is 18.2 Å². The average molecular weight is 245 g/mol. The van der Waals surface area contributed by atoms with Gasteiger partial charge in [0.2, 0.25) is 0 Å². The summed E-state index contributed by atoms with van der Waals surface area (Å²) in [5, 5.41) is 15.0. The van der Waals surface area contributed by atoms with Crippen molar-refractivity contribution in [1.82, 2.24) is 25.5 Å². The maximum atomic E-state index is 4.14. The van der Waals surface area contributed by atoms with E-state index in [1.165, 1.54) is 16.7 Å². The number of nitrogens with zero attached hydrogens (tertiary/aromatic N) is 4. The van der Waals surface area contributed by atoms with Crippen LogP contribution in [0.4, 0.5) is 0 Å². The standard InChI is InChI=1S/C13H19N5/c1-9-5-6-10(2)11(7-9)12(8-14-3)13-15-16-17-18(13)4/h5-7,12,14H,8H2,1-4H3. The Morgan fingerprint density at radius 1 is 1.33 bits per heavy atom. The molecular formula is C13H19N5. The average Bonchev–Trinajstić information content (AvgIpc) is 2.76. The Labute approximate surface area is 107 Å². The van der Waals surface area contributed by atoms with Gasteiger partial charge in [0, 0.05) is 13.6 Å². The minimum absolute atomic E-state index is 0.176. The lowest BCUT2D eigenvalue weighted by molar-refractivity contribution is 0.609. The van der Waals surface area contributed by atoms with Crippen LogP contribution in [-0.4, -0.2) is 33.8 Å². The summed E-state index contributed by atoms with van der Waals surface area (Å²) in [5.41, 5.74) is 3.80. The van der Waals surface area contributed by atoms with E-state index in [2.05, 4.69) is 52.9 Å². The molecule has 5 nitrogen and oxygen atoms in total. The molecule has 1 heterocycles. The van der Waals surface area contributed by atoms with E-state index in [0.717, 1.165) is 12.4 Å². The Morgan fingerprint density at radius 3 is 2.72 bits per heavy atom. The number of hydrogen-bond acceptors (Lipinski definition) is 4. The fraction of sp³-hybridized carbons (Fsp3) is 0.462. The molecule has 1 aromatic carbocycles. The number of nitrogens with one attached hydrogen (secondary N) is 1. The van der Waals surface area contributed by atoms with Gasteiger partial charge in [-0.25, -0.2) is 4.68 Å². The monoisotopic (exact) mass is 245 g/mol. The van der Waals surface area contributed by atoms with Crippen molar-refractivity contribution in [2.75, 3.05) is 13.6 Å². The van der Waals surface area contributed by atoms with Crippen LogP contribution in [0.5, 0.6) is 0 Å². The van der Waals surface area contributed by atoms with Gasteiger partial charge in [0.15, 0.2) is 5.82 Å². The summed E-state index contributed by atoms with van der Waals surface area (Å²) in [6.07, 6.45) is 0. The van der Waals surface area contributed by atoms with E-state index in [1.54, 1.807) is 4.68 Å². The summed E-state index contributed by atoms with van der Waals surface area (Å²) in [6, 6.07) is 6.49. The molecule has 2 aromatic rings. The van der Waals surface area contributed by atoms with E-state index >= 15 is 0 Å². The van der Waals surface area contributed by atoms with E-state index in [-0.39, 0.29) is 5.92 Å². The fourth-order valence-electron chi connectivity index (χ4n) is 2.21. The Balaban J connectivity index is 2.48. The highest BCUT2D eigenvalue weighted by Crippen LogP contribution is 2.25. The number of benzene rings is 1. The van der Waals surface area contributed by atoms with Crippen LogP contribution in [0.25, 0.3) is 0 Å². The first-order chi connectivity index (χ1) is 8.63. The molecule has 96 valence electrons. The van der Waals surface area contributed by atoms with Crippen molar-refractivity contribution in [2.45, 2.75) is 19.8 Å². The lowest BCUT2D eigenvalue weighted by Crippen LogP contribution is -2.22. The van der Waals surface area contributed by atoms with Gasteiger partial charge in [-0.15, -0.1) is 5.10 Å². The fourth-order valence-corrected chi connectivity index (χ4v) is 2.21. The van der Waals surface area contributed by atoms with Crippen LogP contribution < -0.4 is 5.32 Å². The molecule has 0 saturated heterocycles. The van der Waals surface area contributed by atoms with Gasteiger partial charge < -0.3 is 5.32 Å². The highest BCUT2D eigenvalue weighted by molar-refractivity contribution is 5.36. The predicted octanol–water partition coefficient (Wildman–Crippen LogP) is 1.18. The summed E-state index contributed by atoms with van der Waals surface area (Å²) in [4.78, 5) is 0. The number of aryl methyl sites for hydroxylation is 3. The van der Waals surface area contributed by atoms with E-state index in [4.69, 9.17) is 0 Å². The molecule has 1 unspecified atom stereocenters. The molecule has 2 rings (SSSR count). The van der Waals surface area contributed by atoms with Crippen LogP contribution in [0.3, 0.4) is 0 Å². The molecule has 5 heteroatoms. The van der Waals surface area contributed by atoms with Gasteiger partial charge in [-0.05, 0) is 42.4 Å². The number of aromatic nitrogens is 4. The topological polar surface area (TPSA) is 55.6 Å². The summed E-state index contributed by atoms with van der Waals surface area (Å²) < 4.78 is 1.74. The van der Waals surface area contributed by atoms with Crippen LogP contribution in [0.1, 0.15) is 28.4 Å². The van der Waals surface area contributed by atoms with E-state index in [0.29, 0.717) is 0 Å². The number of likely N-dealkylation sites (N-methyl/N-ethyl adjacent to an activating group) is 1. The Bertz CT molecular complexity index is 532. The molecule has 0 aliphatic rings. The van der Waals surface area contributed by atoms with Gasteiger partial charge >= 0.3 is 0 Å². The minimum atomic E-state index is 0.176. The molecule has 0 fully saturated rings. The molecule has 0 spiro atoms. The summed E-state index contributed by atoms with van der Waals surface area (Å²) in [6.45, 7) is 5.05. The maximum absolute atomic E-state index is 4.14. The Kier molecular flexibility index (Phi) is 3.72. The third-order valence-corrected chi connectivity index (χ3v) is 3.18. The van der Waals surface area contributed by atoms with Gasteiger partial charge in [0.25, 0.3) is 0 Å². The smallest absolute Gasteiger partial charge is 0.159 e. The zero-order valence-electron chi connectivity index (χ0n) is 11.3. The summed E-state index contributed by atoms with van der Waals surface area (Å²) >= 11 is 0. The molecular weight excluding hydrogens is 226 g/mol. The highest BCUT2D eigenvalue weighted by Gasteiger charge is 2.21. The normalized spacial score (nSPS) is 12.7. The Morgan fingerprint density at radius 2 is 2.11 bits per heavy atom. The van der Waals surface area contributed by atoms with Gasteiger partial charge in [0.05, 0.1) is 5.92 Å². The Hall–Kier alpha value is -1.75. The summed E-state index contributed by atoms with van der Waals surface area (Å²) in [5.74, 6) is 1.06. The zero-order valence-corrected chi connectivity index (χ0v) is 11.3. The van der Waals surface area contributed by atoms with Crippen molar-refractivity contribution in [3.05, 3.63) is 40.7 Å². The quantitative estimate of drug-likeness (QED) is 0.878. The van der Waals surface area contributed by atoms with Gasteiger partial charge in [-0.2, -0.15) is 0 Å². The second-order valence-corrected chi connectivity index (χ2v) is 4.63. The first-order valence-corrected chi connectivity index (χ1v) is 6.07. The van der Waals surface area contributed by atoms with Crippen LogP contribution in [-0.2, 0) is 7.05 Å². The van der Waals surface area contributed by atoms with Crippen LogP contribution >= 0.6 is 0 Å². The number of tetrazole rings is 1. The third-order valence-electron chi connectivity index (χ3n) is 3.18. The first-order valence-electron chi connectivity index (χ1n) is 6.07. The summed E-state index contributed by atoms with van der Waals surface area (Å²) in [7, 11) is 3.82. The van der Waals surface area contributed by atoms with Gasteiger partial charge in [-0.3, -0.25) is 0 Å². The maximum Gasteiger partial charge on any atom is 0.159 e. The molecule has 18 heavy (non-hydrogen) atoms. The molecule has 1 N–H and O–H groups in total. The van der Waals surface area contributed by atoms with Crippen molar-refractivity contribution in [1.29, 1.82) is 0 Å². The number of hydrogen-bond donors (Lipinski definition) is 1. The van der Waals surface area contributed by atoms with Crippen molar-refractivity contribution in [3.8, 4) is 0 Å². The second kappa shape index (κ2) is 5.27. The van der Waals surface area contributed by atoms with Crippen molar-refractivity contribution in [2.24, 2.45) is 7.05 Å². The third kappa shape index (κ3) is 2.41. The van der Waals surface area contributed by atoms with E-state index in [1.807, 2.05) is 14.1 Å². The first kappa shape index (κ1) is 12.7. The molecule has 1 aromatic heterocycles. The highest BCUT2D eigenvalue weighted by atomic mass is 15.5. The van der Waals surface area contributed by atoms with Gasteiger partial charge in [-0.1, -0.05) is 23.8 Å². The van der Waals surface area contributed by atoms with Crippen molar-refractivity contribution < 1.29 is 0 Å². The molecule has 1 atom stereocenters. The molecule has 0 aliphatic carbocycles. The molecule has 0 aliphatic heterocycles. The second-order valence-electron chi connectivity index (χ2n) is 4.63. The van der Waals surface area contributed by atoms with Gasteiger partial charge in [0.1, 0.15) is 0 Å². The number of rotatable bonds is 4. The predicted molar refractivity (Wildman–Crippen MR) is 70.5 cm³/mol. The molecule has 0 bridgehead atoms.